The first-order chi connectivity index (χ1) is 11.5. The molecule has 0 unspecified atom stereocenters. The second-order valence-electron chi connectivity index (χ2n) is 6.20. The first-order valence-corrected chi connectivity index (χ1v) is 7.91. The van der Waals surface area contributed by atoms with Crippen molar-refractivity contribution in [2.45, 2.75) is 13.3 Å². The molecular formula is C19H19FN2O2. The van der Waals surface area contributed by atoms with Gasteiger partial charge in [0.15, 0.2) is 0 Å². The summed E-state index contributed by atoms with van der Waals surface area (Å²) in [7, 11) is 1.62. The summed E-state index contributed by atoms with van der Waals surface area (Å²) in [6, 6.07) is 12.9. The summed E-state index contributed by atoms with van der Waals surface area (Å²) in [6.45, 7) is 2.00. The van der Waals surface area contributed by atoms with Crippen molar-refractivity contribution in [1.29, 1.82) is 0 Å². The van der Waals surface area contributed by atoms with E-state index in [0.29, 0.717) is 17.3 Å². The zero-order valence-electron chi connectivity index (χ0n) is 13.6. The Balaban J connectivity index is 1.87. The average molecular weight is 326 g/mol. The number of carbonyl (C=O) groups is 2. The number of nitrogens with one attached hydrogen (secondary N) is 1. The number of rotatable bonds is 4. The molecule has 2 aromatic rings. The average Bonchev–Trinajstić information content (AvgIpc) is 3.33. The molecule has 0 saturated heterocycles. The van der Waals surface area contributed by atoms with Crippen molar-refractivity contribution >= 4 is 23.2 Å². The van der Waals surface area contributed by atoms with Crippen molar-refractivity contribution in [2.24, 2.45) is 11.8 Å². The SMILES string of the molecule is C[C@H]1C[C@H]1C(=O)Nc1ccc(F)cc1C(=O)N(C)c1ccccc1. The molecule has 0 heterocycles. The minimum absolute atomic E-state index is 0.0233. The summed E-state index contributed by atoms with van der Waals surface area (Å²) in [6.07, 6.45) is 0.847. The van der Waals surface area contributed by atoms with E-state index in [1.807, 2.05) is 25.1 Å². The number of nitrogens with zero attached hydrogens (tertiary/aromatic N) is 1. The molecular weight excluding hydrogens is 307 g/mol. The second kappa shape index (κ2) is 6.43. The summed E-state index contributed by atoms with van der Waals surface area (Å²) in [5, 5.41) is 2.76. The highest BCUT2D eigenvalue weighted by atomic mass is 19.1. The van der Waals surface area contributed by atoms with Crippen molar-refractivity contribution in [3.05, 3.63) is 59.9 Å². The Morgan fingerprint density at radius 2 is 1.83 bits per heavy atom. The first kappa shape index (κ1) is 16.2. The molecule has 0 aromatic heterocycles. The number of anilines is 2. The fraction of sp³-hybridized carbons (Fsp3) is 0.263. The van der Waals surface area contributed by atoms with Crippen molar-refractivity contribution in [1.82, 2.24) is 0 Å². The standard InChI is InChI=1S/C19H19FN2O2/c1-12-10-15(12)18(23)21-17-9-8-13(20)11-16(17)19(24)22(2)14-6-4-3-5-7-14/h3-9,11-12,15H,10H2,1-2H3,(H,21,23)/t12-,15+/m0/s1. The second-order valence-corrected chi connectivity index (χ2v) is 6.20. The third kappa shape index (κ3) is 3.30. The van der Waals surface area contributed by atoms with Gasteiger partial charge >= 0.3 is 0 Å². The molecule has 124 valence electrons. The van der Waals surface area contributed by atoms with Crippen molar-refractivity contribution in [3.8, 4) is 0 Å². The molecule has 2 aromatic carbocycles. The molecule has 1 aliphatic carbocycles. The van der Waals surface area contributed by atoms with Crippen LogP contribution in [0.4, 0.5) is 15.8 Å². The van der Waals surface area contributed by atoms with Crippen LogP contribution in [-0.4, -0.2) is 18.9 Å². The fourth-order valence-corrected chi connectivity index (χ4v) is 2.66. The molecule has 5 heteroatoms. The third-order valence-electron chi connectivity index (χ3n) is 4.36. The zero-order chi connectivity index (χ0) is 17.3. The molecule has 1 aliphatic rings. The minimum atomic E-state index is -0.516. The van der Waals surface area contributed by atoms with Crippen LogP contribution in [-0.2, 0) is 4.79 Å². The lowest BCUT2D eigenvalue weighted by Crippen LogP contribution is -2.28. The quantitative estimate of drug-likeness (QED) is 0.931. The lowest BCUT2D eigenvalue weighted by molar-refractivity contribution is -0.117. The van der Waals surface area contributed by atoms with E-state index in [-0.39, 0.29) is 23.3 Å². The summed E-state index contributed by atoms with van der Waals surface area (Å²) in [4.78, 5) is 26.3. The molecule has 3 rings (SSSR count). The molecule has 24 heavy (non-hydrogen) atoms. The van der Waals surface area contributed by atoms with Crippen LogP contribution in [0.1, 0.15) is 23.7 Å². The van der Waals surface area contributed by atoms with Crippen molar-refractivity contribution in [3.63, 3.8) is 0 Å². The lowest BCUT2D eigenvalue weighted by atomic mass is 10.1. The van der Waals surface area contributed by atoms with Crippen LogP contribution >= 0.6 is 0 Å². The topological polar surface area (TPSA) is 49.4 Å². The number of hydrogen-bond acceptors (Lipinski definition) is 2. The van der Waals surface area contributed by atoms with Crippen molar-refractivity contribution < 1.29 is 14.0 Å². The van der Waals surface area contributed by atoms with Gasteiger partial charge < -0.3 is 10.2 Å². The van der Waals surface area contributed by atoms with E-state index >= 15 is 0 Å². The maximum absolute atomic E-state index is 13.7. The van der Waals surface area contributed by atoms with E-state index in [4.69, 9.17) is 0 Å². The first-order valence-electron chi connectivity index (χ1n) is 7.91. The number of amides is 2. The number of para-hydroxylation sites is 1. The molecule has 1 N–H and O–H groups in total. The molecule has 0 aliphatic heterocycles. The van der Waals surface area contributed by atoms with Gasteiger partial charge in [-0.15, -0.1) is 0 Å². The normalized spacial score (nSPS) is 18.8. The monoisotopic (exact) mass is 326 g/mol. The summed E-state index contributed by atoms with van der Waals surface area (Å²) >= 11 is 0. The van der Waals surface area contributed by atoms with E-state index in [1.165, 1.54) is 17.0 Å². The third-order valence-corrected chi connectivity index (χ3v) is 4.36. The molecule has 1 fully saturated rings. The molecule has 0 spiro atoms. The molecule has 2 amide bonds. The summed E-state index contributed by atoms with van der Waals surface area (Å²) in [5.74, 6) is -0.676. The maximum Gasteiger partial charge on any atom is 0.260 e. The van der Waals surface area contributed by atoms with Gasteiger partial charge in [-0.2, -0.15) is 0 Å². The van der Waals surface area contributed by atoms with Gasteiger partial charge in [0, 0.05) is 18.7 Å². The van der Waals surface area contributed by atoms with Crippen LogP contribution in [0.25, 0.3) is 0 Å². The smallest absolute Gasteiger partial charge is 0.260 e. The minimum Gasteiger partial charge on any atom is -0.325 e. The molecule has 1 saturated carbocycles. The Hall–Kier alpha value is -2.69. The van der Waals surface area contributed by atoms with Gasteiger partial charge in [0.2, 0.25) is 5.91 Å². The van der Waals surface area contributed by atoms with Gasteiger partial charge in [0.1, 0.15) is 5.82 Å². The van der Waals surface area contributed by atoms with Crippen LogP contribution in [0.3, 0.4) is 0 Å². The zero-order valence-corrected chi connectivity index (χ0v) is 13.6. The Morgan fingerprint density at radius 1 is 1.17 bits per heavy atom. The Bertz CT molecular complexity index is 776. The Morgan fingerprint density at radius 3 is 2.46 bits per heavy atom. The number of halogens is 1. The maximum atomic E-state index is 13.7. The highest BCUT2D eigenvalue weighted by molar-refractivity contribution is 6.11. The number of benzene rings is 2. The van der Waals surface area contributed by atoms with Crippen LogP contribution < -0.4 is 10.2 Å². The van der Waals surface area contributed by atoms with Gasteiger partial charge in [-0.05, 0) is 42.7 Å². The van der Waals surface area contributed by atoms with Crippen LogP contribution in [0, 0.1) is 17.7 Å². The van der Waals surface area contributed by atoms with Gasteiger partial charge in [0.25, 0.3) is 5.91 Å². The van der Waals surface area contributed by atoms with Gasteiger partial charge in [0.05, 0.1) is 11.3 Å². The van der Waals surface area contributed by atoms with Crippen LogP contribution in [0.5, 0.6) is 0 Å². The van der Waals surface area contributed by atoms with E-state index in [0.717, 1.165) is 12.5 Å². The summed E-state index contributed by atoms with van der Waals surface area (Å²) in [5.41, 5.74) is 1.18. The largest absolute Gasteiger partial charge is 0.325 e. The Labute approximate surface area is 140 Å². The predicted molar refractivity (Wildman–Crippen MR) is 91.5 cm³/mol. The highest BCUT2D eigenvalue weighted by Gasteiger charge is 2.39. The van der Waals surface area contributed by atoms with E-state index in [9.17, 15) is 14.0 Å². The molecule has 0 bridgehead atoms. The highest BCUT2D eigenvalue weighted by Crippen LogP contribution is 2.38. The molecule has 2 atom stereocenters. The van der Waals surface area contributed by atoms with Gasteiger partial charge in [-0.25, -0.2) is 4.39 Å². The molecule has 4 nitrogen and oxygen atoms in total. The lowest BCUT2D eigenvalue weighted by Gasteiger charge is -2.19. The Kier molecular flexibility index (Phi) is 4.34. The number of carbonyl (C=O) groups excluding carboxylic acids is 2. The van der Waals surface area contributed by atoms with E-state index in [2.05, 4.69) is 5.32 Å². The fourth-order valence-electron chi connectivity index (χ4n) is 2.66. The molecule has 0 radical (unpaired) electrons. The van der Waals surface area contributed by atoms with Crippen LogP contribution in [0.15, 0.2) is 48.5 Å². The summed E-state index contributed by atoms with van der Waals surface area (Å²) < 4.78 is 13.7. The van der Waals surface area contributed by atoms with Crippen LogP contribution in [0.2, 0.25) is 0 Å². The van der Waals surface area contributed by atoms with Gasteiger partial charge in [-0.3, -0.25) is 9.59 Å². The predicted octanol–water partition coefficient (Wildman–Crippen LogP) is 3.70. The van der Waals surface area contributed by atoms with E-state index in [1.54, 1.807) is 19.2 Å². The number of hydrogen-bond donors (Lipinski definition) is 1. The van der Waals surface area contributed by atoms with Crippen molar-refractivity contribution in [2.75, 3.05) is 17.3 Å². The van der Waals surface area contributed by atoms with Gasteiger partial charge in [-0.1, -0.05) is 25.1 Å². The van der Waals surface area contributed by atoms with E-state index < -0.39 is 5.82 Å².